The Bertz CT molecular complexity index is 193. The fourth-order valence-electron chi connectivity index (χ4n) is 1.21. The van der Waals surface area contributed by atoms with Crippen LogP contribution in [0.3, 0.4) is 0 Å². The maximum absolute atomic E-state index is 5.35. The van der Waals surface area contributed by atoms with E-state index in [0.717, 1.165) is 12.4 Å². The molecular weight excluding hydrogens is 164 g/mol. The fraction of sp³-hybridized carbons (Fsp3) is 0.400. The van der Waals surface area contributed by atoms with Crippen molar-refractivity contribution in [2.45, 2.75) is 19.5 Å². The van der Waals surface area contributed by atoms with Gasteiger partial charge in [0.15, 0.2) is 0 Å². The second-order valence-corrected chi connectivity index (χ2v) is 4.33. The Balaban J connectivity index is 2.58. The summed E-state index contributed by atoms with van der Waals surface area (Å²) in [6.07, 6.45) is 0. The topological polar surface area (TPSA) is 9.23 Å². The van der Waals surface area contributed by atoms with Gasteiger partial charge < -0.3 is 4.74 Å². The van der Waals surface area contributed by atoms with E-state index in [1.165, 1.54) is 11.6 Å². The smallest absolute Gasteiger partial charge is 0.119 e. The molecule has 0 saturated carbocycles. The summed E-state index contributed by atoms with van der Waals surface area (Å²) in [7, 11) is 0.151. The Morgan fingerprint density at radius 1 is 1.25 bits per heavy atom. The van der Waals surface area contributed by atoms with E-state index in [-0.39, 0.29) is 9.52 Å². The van der Waals surface area contributed by atoms with Gasteiger partial charge in [-0.15, -0.1) is 0 Å². The van der Waals surface area contributed by atoms with Gasteiger partial charge in [-0.05, 0) is 25.1 Å². The molecule has 0 bridgehead atoms. The highest BCUT2D eigenvalue weighted by Crippen LogP contribution is 2.11. The quantitative estimate of drug-likeness (QED) is 0.642. The molecule has 0 radical (unpaired) electrons. The third-order valence-corrected chi connectivity index (χ3v) is 2.85. The maximum atomic E-state index is 5.35. The number of ether oxygens (including phenoxy) is 1. The molecule has 1 aromatic carbocycles. The predicted octanol–water partition coefficient (Wildman–Crippen LogP) is 1.80. The Morgan fingerprint density at radius 2 is 1.92 bits per heavy atom. The van der Waals surface area contributed by atoms with Crippen molar-refractivity contribution in [3.8, 4) is 5.75 Å². The van der Waals surface area contributed by atoms with Crippen molar-refractivity contribution < 1.29 is 4.74 Å². The summed E-state index contributed by atoms with van der Waals surface area (Å²) in [5.41, 5.74) is 1.45. The number of hydrogen-bond donors (Lipinski definition) is 0. The van der Waals surface area contributed by atoms with Gasteiger partial charge in [-0.3, -0.25) is 0 Å². The first-order valence-electron chi connectivity index (χ1n) is 4.58. The van der Waals surface area contributed by atoms with Crippen molar-refractivity contribution >= 4 is 9.52 Å². The van der Waals surface area contributed by atoms with Crippen LogP contribution in [0.2, 0.25) is 6.55 Å². The molecule has 0 spiro atoms. The molecule has 1 rings (SSSR count). The predicted molar refractivity (Wildman–Crippen MR) is 55.7 cm³/mol. The van der Waals surface area contributed by atoms with Crippen LogP contribution in [0, 0.1) is 0 Å². The Morgan fingerprint density at radius 3 is 2.42 bits per heavy atom. The lowest BCUT2D eigenvalue weighted by Gasteiger charge is -2.03. The molecule has 0 N–H and O–H groups in total. The third kappa shape index (κ3) is 2.70. The molecule has 0 saturated heterocycles. The number of hydrogen-bond acceptors (Lipinski definition) is 1. The number of rotatable bonds is 4. The van der Waals surface area contributed by atoms with Crippen molar-refractivity contribution in [3.05, 3.63) is 29.8 Å². The van der Waals surface area contributed by atoms with E-state index in [0.29, 0.717) is 0 Å². The zero-order valence-corrected chi connectivity index (χ0v) is 9.25. The van der Waals surface area contributed by atoms with E-state index in [2.05, 4.69) is 30.8 Å². The Kier molecular flexibility index (Phi) is 3.87. The molecule has 0 amide bonds. The van der Waals surface area contributed by atoms with Crippen LogP contribution in [0.25, 0.3) is 0 Å². The van der Waals surface area contributed by atoms with Crippen LogP contribution >= 0.6 is 0 Å². The summed E-state index contributed by atoms with van der Waals surface area (Å²) in [5.74, 6) is 0.985. The van der Waals surface area contributed by atoms with Crippen molar-refractivity contribution in [2.75, 3.05) is 6.61 Å². The summed E-state index contributed by atoms with van der Waals surface area (Å²) in [6, 6.07) is 9.75. The zero-order valence-electron chi connectivity index (χ0n) is 7.84. The van der Waals surface area contributed by atoms with E-state index < -0.39 is 0 Å². The SMILES string of the molecule is CCOc1ccc(C[SiH2]C)cc1. The van der Waals surface area contributed by atoms with Crippen LogP contribution in [0.4, 0.5) is 0 Å². The van der Waals surface area contributed by atoms with Crippen LogP contribution in [0.5, 0.6) is 5.75 Å². The lowest BCUT2D eigenvalue weighted by molar-refractivity contribution is 0.340. The second-order valence-electron chi connectivity index (χ2n) is 2.83. The molecule has 1 nitrogen and oxygen atoms in total. The van der Waals surface area contributed by atoms with Crippen LogP contribution in [-0.2, 0) is 6.04 Å². The van der Waals surface area contributed by atoms with E-state index in [9.17, 15) is 0 Å². The van der Waals surface area contributed by atoms with Crippen molar-refractivity contribution in [1.29, 1.82) is 0 Å². The molecule has 1 aromatic rings. The molecule has 66 valence electrons. The molecular formula is C10H16OSi. The molecule has 2 heteroatoms. The molecule has 0 aliphatic rings. The van der Waals surface area contributed by atoms with Gasteiger partial charge in [0.1, 0.15) is 5.75 Å². The molecule has 0 heterocycles. The molecule has 0 fully saturated rings. The first-order chi connectivity index (χ1) is 5.86. The fourth-order valence-corrected chi connectivity index (χ4v) is 2.12. The largest absolute Gasteiger partial charge is 0.494 e. The van der Waals surface area contributed by atoms with E-state index in [4.69, 9.17) is 4.74 Å². The first kappa shape index (κ1) is 9.33. The molecule has 0 atom stereocenters. The molecule has 0 unspecified atom stereocenters. The van der Waals surface area contributed by atoms with Crippen LogP contribution in [-0.4, -0.2) is 16.1 Å². The standard InChI is InChI=1S/C10H16OSi/c1-3-11-10-6-4-9(5-7-10)8-12-2/h4-7H,3,8,12H2,1-2H3. The highest BCUT2D eigenvalue weighted by atomic mass is 28.2. The summed E-state index contributed by atoms with van der Waals surface area (Å²) in [4.78, 5) is 0. The van der Waals surface area contributed by atoms with Crippen LogP contribution in [0.15, 0.2) is 24.3 Å². The maximum Gasteiger partial charge on any atom is 0.119 e. The molecule has 12 heavy (non-hydrogen) atoms. The van der Waals surface area contributed by atoms with Gasteiger partial charge in [0.2, 0.25) is 0 Å². The minimum absolute atomic E-state index is 0.151. The minimum atomic E-state index is 0.151. The van der Waals surface area contributed by atoms with E-state index in [1.807, 2.05) is 6.92 Å². The van der Waals surface area contributed by atoms with Gasteiger partial charge in [0.25, 0.3) is 0 Å². The van der Waals surface area contributed by atoms with Gasteiger partial charge in [0.05, 0.1) is 6.61 Å². The summed E-state index contributed by atoms with van der Waals surface area (Å²) in [5, 5.41) is 0. The van der Waals surface area contributed by atoms with E-state index in [1.54, 1.807) is 0 Å². The highest BCUT2D eigenvalue weighted by Gasteiger charge is 1.92. The van der Waals surface area contributed by atoms with Crippen molar-refractivity contribution in [2.24, 2.45) is 0 Å². The van der Waals surface area contributed by atoms with Crippen LogP contribution in [0.1, 0.15) is 12.5 Å². The van der Waals surface area contributed by atoms with Crippen molar-refractivity contribution in [1.82, 2.24) is 0 Å². The van der Waals surface area contributed by atoms with Gasteiger partial charge >= 0.3 is 0 Å². The lowest BCUT2D eigenvalue weighted by atomic mass is 10.2. The van der Waals surface area contributed by atoms with Crippen LogP contribution < -0.4 is 4.74 Å². The zero-order chi connectivity index (χ0) is 8.81. The highest BCUT2D eigenvalue weighted by molar-refractivity contribution is 6.32. The summed E-state index contributed by atoms with van der Waals surface area (Å²) < 4.78 is 5.35. The van der Waals surface area contributed by atoms with Crippen molar-refractivity contribution in [3.63, 3.8) is 0 Å². The Labute approximate surface area is 76.6 Å². The monoisotopic (exact) mass is 180 g/mol. The molecule has 0 aliphatic heterocycles. The normalized spacial score (nSPS) is 10.8. The molecule has 0 aromatic heterocycles. The van der Waals surface area contributed by atoms with E-state index >= 15 is 0 Å². The third-order valence-electron chi connectivity index (χ3n) is 1.77. The van der Waals surface area contributed by atoms with Gasteiger partial charge in [0, 0.05) is 9.52 Å². The van der Waals surface area contributed by atoms with Gasteiger partial charge in [-0.1, -0.05) is 24.2 Å². The number of benzene rings is 1. The average Bonchev–Trinajstić information content (AvgIpc) is 2.09. The lowest BCUT2D eigenvalue weighted by Crippen LogP contribution is -1.93. The second kappa shape index (κ2) is 4.98. The van der Waals surface area contributed by atoms with Gasteiger partial charge in [-0.2, -0.15) is 0 Å². The Hall–Kier alpha value is -0.763. The summed E-state index contributed by atoms with van der Waals surface area (Å²) >= 11 is 0. The molecule has 0 aliphatic carbocycles. The summed E-state index contributed by atoms with van der Waals surface area (Å²) in [6.45, 7) is 5.09. The first-order valence-corrected chi connectivity index (χ1v) is 7.00. The minimum Gasteiger partial charge on any atom is -0.494 e. The van der Waals surface area contributed by atoms with Gasteiger partial charge in [-0.25, -0.2) is 0 Å². The average molecular weight is 180 g/mol.